The molecule has 0 spiro atoms. The van der Waals surface area contributed by atoms with Gasteiger partial charge in [0.1, 0.15) is 15.9 Å². The van der Waals surface area contributed by atoms with Crippen molar-refractivity contribution in [3.05, 3.63) is 53.3 Å². The van der Waals surface area contributed by atoms with Gasteiger partial charge >= 0.3 is 0 Å². The van der Waals surface area contributed by atoms with E-state index in [0.29, 0.717) is 11.8 Å². The molecule has 0 radical (unpaired) electrons. The topological polar surface area (TPSA) is 45.5 Å². The first-order valence-electron chi connectivity index (χ1n) is 8.31. The van der Waals surface area contributed by atoms with Gasteiger partial charge in [-0.25, -0.2) is 9.97 Å². The van der Waals surface area contributed by atoms with Crippen LogP contribution in [-0.2, 0) is 6.54 Å². The van der Waals surface area contributed by atoms with Gasteiger partial charge in [-0.1, -0.05) is 26.8 Å². The number of pyridine rings is 1. The summed E-state index contributed by atoms with van der Waals surface area (Å²) < 4.78 is 2.17. The molecule has 5 heteroatoms. The Hall–Kier alpha value is -2.27. The molecule has 122 valence electrons. The summed E-state index contributed by atoms with van der Waals surface area (Å²) >= 11 is 1.58. The standard InChI is InChI=1S/C19H20N4S/c1-12(2)14-4-5-15-10-23(22-17(15)6-14)9-13(3)16-7-18-19(20-8-16)24-11-21-18/h4-8,10-13H,9H2,1-3H3/p+1. The molecule has 4 nitrogen and oxygen atoms in total. The van der Waals surface area contributed by atoms with Crippen LogP contribution < -0.4 is 4.68 Å². The van der Waals surface area contributed by atoms with Crippen LogP contribution in [0.15, 0.2) is 42.2 Å². The molecule has 1 aromatic carbocycles. The predicted octanol–water partition coefficient (Wildman–Crippen LogP) is 4.39. The van der Waals surface area contributed by atoms with E-state index >= 15 is 0 Å². The van der Waals surface area contributed by atoms with Gasteiger partial charge in [0, 0.05) is 12.1 Å². The maximum Gasteiger partial charge on any atom is 0.203 e. The molecule has 3 heterocycles. The number of thiazole rings is 1. The Morgan fingerprint density at radius 1 is 1.12 bits per heavy atom. The van der Waals surface area contributed by atoms with E-state index in [2.05, 4.69) is 71.0 Å². The van der Waals surface area contributed by atoms with Gasteiger partial charge in [-0.05, 0) is 35.2 Å². The second kappa shape index (κ2) is 5.98. The Kier molecular flexibility index (Phi) is 3.81. The van der Waals surface area contributed by atoms with Crippen LogP contribution in [0.1, 0.15) is 43.7 Å². The number of hydrogen-bond acceptors (Lipinski definition) is 3. The summed E-state index contributed by atoms with van der Waals surface area (Å²) in [5.41, 5.74) is 6.63. The van der Waals surface area contributed by atoms with Crippen molar-refractivity contribution in [1.29, 1.82) is 0 Å². The van der Waals surface area contributed by atoms with Crippen molar-refractivity contribution < 1.29 is 4.68 Å². The lowest BCUT2D eigenvalue weighted by molar-refractivity contribution is -0.750. The van der Waals surface area contributed by atoms with E-state index in [0.717, 1.165) is 16.9 Å². The molecule has 0 amide bonds. The minimum atomic E-state index is 0.367. The maximum atomic E-state index is 4.51. The van der Waals surface area contributed by atoms with E-state index in [1.54, 1.807) is 11.3 Å². The third-order valence-electron chi connectivity index (χ3n) is 4.55. The highest BCUT2D eigenvalue weighted by Crippen LogP contribution is 2.22. The van der Waals surface area contributed by atoms with Gasteiger partial charge in [-0.15, -0.1) is 16.0 Å². The molecular formula is C19H21N4S+. The number of nitrogens with zero attached hydrogens (tertiary/aromatic N) is 3. The third-order valence-corrected chi connectivity index (χ3v) is 5.30. The van der Waals surface area contributed by atoms with E-state index in [1.165, 1.54) is 22.0 Å². The van der Waals surface area contributed by atoms with Crippen molar-refractivity contribution in [2.45, 2.75) is 39.2 Å². The number of H-pyrrole nitrogens is 1. The first kappa shape index (κ1) is 15.3. The minimum absolute atomic E-state index is 0.367. The summed E-state index contributed by atoms with van der Waals surface area (Å²) in [6.07, 6.45) is 4.16. The van der Waals surface area contributed by atoms with Crippen molar-refractivity contribution in [2.24, 2.45) is 0 Å². The molecule has 0 saturated carbocycles. The quantitative estimate of drug-likeness (QED) is 0.561. The Labute approximate surface area is 145 Å². The van der Waals surface area contributed by atoms with Gasteiger partial charge in [-0.3, -0.25) is 0 Å². The van der Waals surface area contributed by atoms with Crippen molar-refractivity contribution in [3.8, 4) is 0 Å². The summed E-state index contributed by atoms with van der Waals surface area (Å²) in [4.78, 5) is 9.89. The largest absolute Gasteiger partial charge is 0.243 e. The second-order valence-electron chi connectivity index (χ2n) is 6.74. The molecule has 4 rings (SSSR count). The highest BCUT2D eigenvalue weighted by Gasteiger charge is 2.16. The lowest BCUT2D eigenvalue weighted by Gasteiger charge is -2.06. The SMILES string of the molecule is CC(C)c1ccc2c[n+](CC(C)c3cnc4scnc4c3)[nH]c2c1. The molecule has 0 fully saturated rings. The van der Waals surface area contributed by atoms with Gasteiger partial charge in [0.15, 0.2) is 6.54 Å². The Morgan fingerprint density at radius 2 is 2.00 bits per heavy atom. The van der Waals surface area contributed by atoms with Gasteiger partial charge in [0.05, 0.1) is 10.9 Å². The summed E-state index contributed by atoms with van der Waals surface area (Å²) in [5.74, 6) is 0.909. The first-order valence-corrected chi connectivity index (χ1v) is 9.19. The molecule has 0 bridgehead atoms. The zero-order valence-electron chi connectivity index (χ0n) is 14.2. The lowest BCUT2D eigenvalue weighted by Crippen LogP contribution is -2.37. The second-order valence-corrected chi connectivity index (χ2v) is 7.57. The molecule has 0 aliphatic carbocycles. The zero-order chi connectivity index (χ0) is 16.7. The van der Waals surface area contributed by atoms with Crippen LogP contribution in [0, 0.1) is 0 Å². The van der Waals surface area contributed by atoms with E-state index in [1.807, 2.05) is 11.7 Å². The lowest BCUT2D eigenvalue weighted by atomic mass is 10.0. The van der Waals surface area contributed by atoms with Gasteiger partial charge in [0.2, 0.25) is 6.20 Å². The van der Waals surface area contributed by atoms with Crippen LogP contribution in [0.4, 0.5) is 0 Å². The number of aromatic nitrogens is 4. The van der Waals surface area contributed by atoms with Gasteiger partial charge < -0.3 is 0 Å². The molecule has 3 aromatic heterocycles. The van der Waals surface area contributed by atoms with Crippen LogP contribution in [0.2, 0.25) is 0 Å². The summed E-state index contributed by atoms with van der Waals surface area (Å²) in [7, 11) is 0. The van der Waals surface area contributed by atoms with Crippen molar-refractivity contribution in [2.75, 3.05) is 0 Å². The Morgan fingerprint density at radius 3 is 2.83 bits per heavy atom. The monoisotopic (exact) mass is 337 g/mol. The number of rotatable bonds is 4. The number of fused-ring (bicyclic) bond motifs is 2. The maximum absolute atomic E-state index is 4.51. The smallest absolute Gasteiger partial charge is 0.203 e. The van der Waals surface area contributed by atoms with E-state index in [9.17, 15) is 0 Å². The first-order chi connectivity index (χ1) is 11.6. The van der Waals surface area contributed by atoms with E-state index < -0.39 is 0 Å². The number of aromatic amines is 1. The van der Waals surface area contributed by atoms with Crippen molar-refractivity contribution in [3.63, 3.8) is 0 Å². The fourth-order valence-corrected chi connectivity index (χ4v) is 3.65. The van der Waals surface area contributed by atoms with Crippen molar-refractivity contribution >= 4 is 32.6 Å². The average molecular weight is 337 g/mol. The Balaban J connectivity index is 1.60. The highest BCUT2D eigenvalue weighted by atomic mass is 32.1. The zero-order valence-corrected chi connectivity index (χ0v) is 15.0. The fourth-order valence-electron chi connectivity index (χ4n) is 3.04. The normalized spacial score (nSPS) is 13.2. The number of hydrogen-bond donors (Lipinski definition) is 1. The van der Waals surface area contributed by atoms with E-state index in [4.69, 9.17) is 0 Å². The Bertz CT molecular complexity index is 999. The fraction of sp³-hybridized carbons (Fsp3) is 0.316. The van der Waals surface area contributed by atoms with Crippen LogP contribution in [0.3, 0.4) is 0 Å². The highest BCUT2D eigenvalue weighted by molar-refractivity contribution is 7.16. The molecule has 0 saturated heterocycles. The molecule has 1 unspecified atom stereocenters. The van der Waals surface area contributed by atoms with Crippen LogP contribution in [0.25, 0.3) is 21.3 Å². The van der Waals surface area contributed by atoms with Crippen LogP contribution in [0.5, 0.6) is 0 Å². The predicted molar refractivity (Wildman–Crippen MR) is 98.4 cm³/mol. The summed E-state index contributed by atoms with van der Waals surface area (Å²) in [6.45, 7) is 7.57. The third kappa shape index (κ3) is 2.80. The van der Waals surface area contributed by atoms with Crippen LogP contribution in [-0.4, -0.2) is 15.1 Å². The average Bonchev–Trinajstić information content (AvgIpc) is 3.18. The van der Waals surface area contributed by atoms with Gasteiger partial charge in [0.25, 0.3) is 0 Å². The summed E-state index contributed by atoms with van der Waals surface area (Å²) in [6, 6.07) is 8.83. The minimum Gasteiger partial charge on any atom is -0.243 e. The molecule has 0 aliphatic heterocycles. The molecule has 4 aromatic rings. The van der Waals surface area contributed by atoms with Crippen LogP contribution >= 0.6 is 11.3 Å². The molecule has 1 N–H and O–H groups in total. The molecule has 0 aliphatic rings. The van der Waals surface area contributed by atoms with E-state index in [-0.39, 0.29) is 0 Å². The number of nitrogens with one attached hydrogen (secondary N) is 1. The van der Waals surface area contributed by atoms with Crippen molar-refractivity contribution in [1.82, 2.24) is 15.1 Å². The number of benzene rings is 1. The molecule has 1 atom stereocenters. The van der Waals surface area contributed by atoms with Gasteiger partial charge in [-0.2, -0.15) is 5.10 Å². The molecular weight excluding hydrogens is 316 g/mol. The summed E-state index contributed by atoms with van der Waals surface area (Å²) in [5, 5.41) is 4.76. The molecule has 24 heavy (non-hydrogen) atoms.